The molecule has 0 unspecified atom stereocenters. The largest absolute Gasteiger partial charge is 0.371 e. The van der Waals surface area contributed by atoms with Crippen LogP contribution < -0.4 is 10.6 Å². The molecule has 5 rings (SSSR count). The molecular formula is C23H26ClN5. The molecule has 1 saturated carbocycles. The van der Waals surface area contributed by atoms with Gasteiger partial charge < -0.3 is 15.2 Å². The summed E-state index contributed by atoms with van der Waals surface area (Å²) in [6.45, 7) is 1.95. The predicted octanol–water partition coefficient (Wildman–Crippen LogP) is 4.14. The molecule has 0 spiro atoms. The lowest BCUT2D eigenvalue weighted by atomic mass is 9.95. The summed E-state index contributed by atoms with van der Waals surface area (Å²) in [5.74, 6) is 1.84. The molecule has 3 aromatic rings. The van der Waals surface area contributed by atoms with Crippen LogP contribution in [-0.2, 0) is 12.5 Å². The van der Waals surface area contributed by atoms with E-state index in [0.717, 1.165) is 61.7 Å². The van der Waals surface area contributed by atoms with Gasteiger partial charge in [-0.2, -0.15) is 0 Å². The highest BCUT2D eigenvalue weighted by Gasteiger charge is 2.49. The zero-order chi connectivity index (χ0) is 20.0. The van der Waals surface area contributed by atoms with E-state index >= 15 is 0 Å². The van der Waals surface area contributed by atoms with Crippen molar-refractivity contribution in [3.63, 3.8) is 0 Å². The van der Waals surface area contributed by atoms with Gasteiger partial charge in [0.05, 0.1) is 10.4 Å². The summed E-state index contributed by atoms with van der Waals surface area (Å²) in [6.07, 6.45) is 4.25. The van der Waals surface area contributed by atoms with E-state index in [0.29, 0.717) is 11.1 Å². The fourth-order valence-electron chi connectivity index (χ4n) is 4.54. The Morgan fingerprint density at radius 3 is 2.41 bits per heavy atom. The molecule has 2 N–H and O–H groups in total. The van der Waals surface area contributed by atoms with Crippen molar-refractivity contribution in [2.24, 2.45) is 12.8 Å². The first-order valence-electron chi connectivity index (χ1n) is 10.3. The van der Waals surface area contributed by atoms with Crippen LogP contribution in [0.15, 0.2) is 48.5 Å². The SMILES string of the molecule is Cn1c(-c2ccc(N3CCC(N)CC3)cc2Cl)nnc1C1(c2ccccc2)CC1. The van der Waals surface area contributed by atoms with Gasteiger partial charge in [0.25, 0.3) is 0 Å². The molecule has 1 aliphatic heterocycles. The molecule has 1 aromatic heterocycles. The number of rotatable bonds is 4. The van der Waals surface area contributed by atoms with Crippen LogP contribution in [0.1, 0.15) is 37.1 Å². The molecule has 150 valence electrons. The van der Waals surface area contributed by atoms with Crippen LogP contribution in [0.4, 0.5) is 5.69 Å². The minimum Gasteiger partial charge on any atom is -0.371 e. The maximum absolute atomic E-state index is 6.71. The van der Waals surface area contributed by atoms with Gasteiger partial charge in [0.1, 0.15) is 5.82 Å². The Balaban J connectivity index is 1.45. The molecule has 1 aliphatic carbocycles. The molecule has 0 atom stereocenters. The molecule has 1 saturated heterocycles. The first-order valence-corrected chi connectivity index (χ1v) is 10.7. The van der Waals surface area contributed by atoms with Crippen molar-refractivity contribution in [3.05, 3.63) is 64.9 Å². The topological polar surface area (TPSA) is 60.0 Å². The van der Waals surface area contributed by atoms with Crippen molar-refractivity contribution in [2.45, 2.75) is 37.1 Å². The average molecular weight is 408 g/mol. The van der Waals surface area contributed by atoms with Crippen LogP contribution in [0.3, 0.4) is 0 Å². The summed E-state index contributed by atoms with van der Waals surface area (Å²) >= 11 is 6.71. The molecule has 2 aliphatic rings. The predicted molar refractivity (Wildman–Crippen MR) is 117 cm³/mol. The summed E-state index contributed by atoms with van der Waals surface area (Å²) in [4.78, 5) is 2.36. The van der Waals surface area contributed by atoms with E-state index in [1.54, 1.807) is 0 Å². The van der Waals surface area contributed by atoms with Gasteiger partial charge in [-0.25, -0.2) is 0 Å². The van der Waals surface area contributed by atoms with Gasteiger partial charge in [0, 0.05) is 37.4 Å². The van der Waals surface area contributed by atoms with E-state index in [4.69, 9.17) is 17.3 Å². The lowest BCUT2D eigenvalue weighted by Gasteiger charge is -2.32. The molecule has 0 radical (unpaired) electrons. The lowest BCUT2D eigenvalue weighted by Crippen LogP contribution is -2.39. The number of piperidine rings is 1. The van der Waals surface area contributed by atoms with Crippen molar-refractivity contribution in [1.29, 1.82) is 0 Å². The highest BCUT2D eigenvalue weighted by atomic mass is 35.5. The minimum atomic E-state index is -0.0136. The summed E-state index contributed by atoms with van der Waals surface area (Å²) in [5.41, 5.74) is 9.41. The Kier molecular flexibility index (Phi) is 4.60. The second-order valence-corrected chi connectivity index (χ2v) is 8.75. The molecular weight excluding hydrogens is 382 g/mol. The molecule has 2 aromatic carbocycles. The quantitative estimate of drug-likeness (QED) is 0.706. The van der Waals surface area contributed by atoms with Gasteiger partial charge in [-0.3, -0.25) is 0 Å². The monoisotopic (exact) mass is 407 g/mol. The molecule has 5 nitrogen and oxygen atoms in total. The molecule has 0 bridgehead atoms. The van der Waals surface area contributed by atoms with E-state index in [1.165, 1.54) is 5.56 Å². The maximum Gasteiger partial charge on any atom is 0.165 e. The van der Waals surface area contributed by atoms with Crippen molar-refractivity contribution in [3.8, 4) is 11.4 Å². The van der Waals surface area contributed by atoms with Crippen LogP contribution in [0.5, 0.6) is 0 Å². The smallest absolute Gasteiger partial charge is 0.165 e. The van der Waals surface area contributed by atoms with Crippen molar-refractivity contribution in [1.82, 2.24) is 14.8 Å². The van der Waals surface area contributed by atoms with Gasteiger partial charge in [-0.15, -0.1) is 10.2 Å². The van der Waals surface area contributed by atoms with E-state index in [9.17, 15) is 0 Å². The van der Waals surface area contributed by atoms with Gasteiger partial charge in [-0.1, -0.05) is 41.9 Å². The standard InChI is InChI=1S/C23H26ClN5/c1-28-21(26-27-22(28)23(11-12-23)16-5-3-2-4-6-16)19-8-7-18(15-20(19)24)29-13-9-17(25)10-14-29/h2-8,15,17H,9-14,25H2,1H3. The fourth-order valence-corrected chi connectivity index (χ4v) is 4.80. The molecule has 2 fully saturated rings. The first-order chi connectivity index (χ1) is 14.1. The van der Waals surface area contributed by atoms with Gasteiger partial charge in [0.15, 0.2) is 5.82 Å². The summed E-state index contributed by atoms with van der Waals surface area (Å²) in [6, 6.07) is 17.2. The number of nitrogens with zero attached hydrogens (tertiary/aromatic N) is 4. The Hall–Kier alpha value is -2.37. The summed E-state index contributed by atoms with van der Waals surface area (Å²) < 4.78 is 2.11. The lowest BCUT2D eigenvalue weighted by molar-refractivity contribution is 0.501. The summed E-state index contributed by atoms with van der Waals surface area (Å²) in [7, 11) is 2.05. The number of halogens is 1. The number of benzene rings is 2. The normalized spacial score (nSPS) is 18.8. The van der Waals surface area contributed by atoms with Crippen LogP contribution >= 0.6 is 11.6 Å². The van der Waals surface area contributed by atoms with Crippen LogP contribution in [0.25, 0.3) is 11.4 Å². The Morgan fingerprint density at radius 2 is 1.76 bits per heavy atom. The van der Waals surface area contributed by atoms with Crippen molar-refractivity contribution < 1.29 is 0 Å². The molecule has 6 heteroatoms. The zero-order valence-electron chi connectivity index (χ0n) is 16.7. The first kappa shape index (κ1) is 18.6. The van der Waals surface area contributed by atoms with E-state index in [-0.39, 0.29) is 5.41 Å². The second-order valence-electron chi connectivity index (χ2n) is 8.34. The van der Waals surface area contributed by atoms with Gasteiger partial charge in [-0.05, 0) is 49.4 Å². The highest BCUT2D eigenvalue weighted by molar-refractivity contribution is 6.33. The molecule has 2 heterocycles. The molecule has 29 heavy (non-hydrogen) atoms. The van der Waals surface area contributed by atoms with Crippen LogP contribution in [-0.4, -0.2) is 33.9 Å². The maximum atomic E-state index is 6.71. The Bertz CT molecular complexity index is 1020. The van der Waals surface area contributed by atoms with E-state index in [1.807, 2.05) is 13.1 Å². The van der Waals surface area contributed by atoms with E-state index < -0.39 is 0 Å². The zero-order valence-corrected chi connectivity index (χ0v) is 17.4. The number of nitrogens with two attached hydrogens (primary N) is 1. The number of hydrogen-bond acceptors (Lipinski definition) is 4. The third-order valence-electron chi connectivity index (χ3n) is 6.48. The van der Waals surface area contributed by atoms with E-state index in [2.05, 4.69) is 62.1 Å². The Labute approximate surface area is 176 Å². The third kappa shape index (κ3) is 3.22. The number of anilines is 1. The Morgan fingerprint density at radius 1 is 1.03 bits per heavy atom. The fraction of sp³-hybridized carbons (Fsp3) is 0.391. The molecule has 0 amide bonds. The van der Waals surface area contributed by atoms with Crippen LogP contribution in [0, 0.1) is 0 Å². The number of hydrogen-bond donors (Lipinski definition) is 1. The van der Waals surface area contributed by atoms with Crippen LogP contribution in [0.2, 0.25) is 5.02 Å². The van der Waals surface area contributed by atoms with Gasteiger partial charge >= 0.3 is 0 Å². The summed E-state index contributed by atoms with van der Waals surface area (Å²) in [5, 5.41) is 9.84. The minimum absolute atomic E-state index is 0.0136. The van der Waals surface area contributed by atoms with Gasteiger partial charge in [0.2, 0.25) is 0 Å². The van der Waals surface area contributed by atoms with Crippen molar-refractivity contribution in [2.75, 3.05) is 18.0 Å². The second kappa shape index (κ2) is 7.15. The highest BCUT2D eigenvalue weighted by Crippen LogP contribution is 2.53. The number of aromatic nitrogens is 3. The average Bonchev–Trinajstić information content (AvgIpc) is 3.46. The van der Waals surface area contributed by atoms with Crippen molar-refractivity contribution >= 4 is 17.3 Å². The third-order valence-corrected chi connectivity index (χ3v) is 6.79.